The Labute approximate surface area is 132 Å². The Bertz CT molecular complexity index is 659. The maximum Gasteiger partial charge on any atom is 0.160 e. The van der Waals surface area contributed by atoms with Gasteiger partial charge in [-0.05, 0) is 25.0 Å². The molecule has 22 heavy (non-hydrogen) atoms. The van der Waals surface area contributed by atoms with E-state index in [4.69, 9.17) is 14.6 Å². The van der Waals surface area contributed by atoms with Gasteiger partial charge in [0.05, 0.1) is 19.0 Å². The van der Waals surface area contributed by atoms with Crippen LogP contribution in [-0.4, -0.2) is 36.6 Å². The van der Waals surface area contributed by atoms with Gasteiger partial charge in [0.2, 0.25) is 0 Å². The second-order valence-corrected chi connectivity index (χ2v) is 12.9. The zero-order valence-corrected chi connectivity index (χ0v) is 14.9. The molecule has 2 heterocycles. The van der Waals surface area contributed by atoms with Crippen molar-refractivity contribution >= 4 is 19.1 Å². The summed E-state index contributed by atoms with van der Waals surface area (Å²) in [5.74, 6) is 1.37. The Morgan fingerprint density at radius 1 is 1.32 bits per heavy atom. The van der Waals surface area contributed by atoms with Crippen molar-refractivity contribution in [1.82, 2.24) is 14.8 Å². The minimum Gasteiger partial charge on any atom is -0.495 e. The molecule has 1 fully saturated rings. The van der Waals surface area contributed by atoms with Crippen molar-refractivity contribution < 1.29 is 9.47 Å². The molecule has 0 aliphatic heterocycles. The van der Waals surface area contributed by atoms with E-state index < -0.39 is 8.07 Å². The quantitative estimate of drug-likeness (QED) is 0.577. The molecule has 3 rings (SSSR count). The molecule has 0 radical (unpaired) electrons. The molecule has 5 nitrogen and oxygen atoms in total. The van der Waals surface area contributed by atoms with Crippen molar-refractivity contribution in [3.05, 3.63) is 18.0 Å². The maximum absolute atomic E-state index is 5.84. The summed E-state index contributed by atoms with van der Waals surface area (Å²) in [7, 11) is 0.619. The number of nitrogens with zero attached hydrogens (tertiary/aromatic N) is 3. The topological polar surface area (TPSA) is 49.2 Å². The van der Waals surface area contributed by atoms with E-state index in [1.807, 2.05) is 10.7 Å². The standard InChI is InChI=1S/C16H25N3O2Si/c1-20-13-9-14-15(12-5-6-12)18-19(16(14)17-10-13)11-21-7-8-22(2,3)4/h9-10,12H,5-8,11H2,1-4H3. The molecule has 0 bridgehead atoms. The van der Waals surface area contributed by atoms with Crippen molar-refractivity contribution in [1.29, 1.82) is 0 Å². The van der Waals surface area contributed by atoms with Gasteiger partial charge in [0.15, 0.2) is 5.65 Å². The van der Waals surface area contributed by atoms with Crippen LogP contribution in [0.1, 0.15) is 24.5 Å². The predicted octanol–water partition coefficient (Wildman–Crippen LogP) is 3.63. The summed E-state index contributed by atoms with van der Waals surface area (Å²) in [5, 5.41) is 5.85. The molecule has 0 saturated heterocycles. The summed E-state index contributed by atoms with van der Waals surface area (Å²) >= 11 is 0. The summed E-state index contributed by atoms with van der Waals surface area (Å²) in [4.78, 5) is 4.51. The number of ether oxygens (including phenoxy) is 2. The fraction of sp³-hybridized carbons (Fsp3) is 0.625. The zero-order chi connectivity index (χ0) is 15.7. The molecule has 6 heteroatoms. The third-order valence-electron chi connectivity index (χ3n) is 4.00. The van der Waals surface area contributed by atoms with Gasteiger partial charge < -0.3 is 9.47 Å². The molecule has 1 aliphatic carbocycles. The monoisotopic (exact) mass is 319 g/mol. The molecule has 2 aromatic rings. The Morgan fingerprint density at radius 3 is 2.73 bits per heavy atom. The summed E-state index contributed by atoms with van der Waals surface area (Å²) in [6.45, 7) is 8.36. The third-order valence-corrected chi connectivity index (χ3v) is 5.70. The highest BCUT2D eigenvalue weighted by atomic mass is 28.3. The lowest BCUT2D eigenvalue weighted by Gasteiger charge is -2.15. The molecule has 0 N–H and O–H groups in total. The molecule has 1 saturated carbocycles. The maximum atomic E-state index is 5.84. The SMILES string of the molecule is COc1cnc2c(c1)c(C1CC1)nn2COCC[Si](C)(C)C. The van der Waals surface area contributed by atoms with Crippen LogP contribution < -0.4 is 4.74 Å². The van der Waals surface area contributed by atoms with Crippen molar-refractivity contribution in [3.8, 4) is 5.75 Å². The number of methoxy groups -OCH3 is 1. The Hall–Kier alpha value is -1.40. The van der Waals surface area contributed by atoms with E-state index in [-0.39, 0.29) is 0 Å². The van der Waals surface area contributed by atoms with Gasteiger partial charge in [-0.15, -0.1) is 0 Å². The van der Waals surface area contributed by atoms with Gasteiger partial charge in [0, 0.05) is 26.0 Å². The van der Waals surface area contributed by atoms with Crippen LogP contribution in [-0.2, 0) is 11.5 Å². The highest BCUT2D eigenvalue weighted by Gasteiger charge is 2.29. The van der Waals surface area contributed by atoms with Crippen molar-refractivity contribution in [2.75, 3.05) is 13.7 Å². The molecule has 0 atom stereocenters. The molecule has 2 aromatic heterocycles. The largest absolute Gasteiger partial charge is 0.495 e. The van der Waals surface area contributed by atoms with E-state index in [2.05, 4.69) is 24.6 Å². The molecular weight excluding hydrogens is 294 g/mol. The lowest BCUT2D eigenvalue weighted by Crippen LogP contribution is -2.22. The first-order chi connectivity index (χ1) is 10.5. The van der Waals surface area contributed by atoms with Crippen LogP contribution in [0.4, 0.5) is 0 Å². The summed E-state index contributed by atoms with van der Waals surface area (Å²) in [6.07, 6.45) is 4.19. The average Bonchev–Trinajstić information content (AvgIpc) is 3.25. The molecule has 120 valence electrons. The lowest BCUT2D eigenvalue weighted by atomic mass is 10.2. The fourth-order valence-corrected chi connectivity index (χ4v) is 3.21. The van der Waals surface area contributed by atoms with Crippen molar-refractivity contribution in [3.63, 3.8) is 0 Å². The second kappa shape index (κ2) is 6.00. The first kappa shape index (κ1) is 15.5. The van der Waals surface area contributed by atoms with Gasteiger partial charge >= 0.3 is 0 Å². The van der Waals surface area contributed by atoms with Crippen LogP contribution in [0.2, 0.25) is 25.7 Å². The van der Waals surface area contributed by atoms with Gasteiger partial charge in [0.1, 0.15) is 12.5 Å². The Balaban J connectivity index is 1.77. The van der Waals surface area contributed by atoms with Crippen LogP contribution in [0.15, 0.2) is 12.3 Å². The fourth-order valence-electron chi connectivity index (χ4n) is 2.45. The molecule has 0 amide bonds. The molecular formula is C16H25N3O2Si. The third kappa shape index (κ3) is 3.49. The van der Waals surface area contributed by atoms with E-state index in [9.17, 15) is 0 Å². The van der Waals surface area contributed by atoms with Gasteiger partial charge in [0.25, 0.3) is 0 Å². The number of hydrogen-bond acceptors (Lipinski definition) is 4. The van der Waals surface area contributed by atoms with Crippen LogP contribution in [0.5, 0.6) is 5.75 Å². The minimum atomic E-state index is -1.05. The zero-order valence-electron chi connectivity index (χ0n) is 13.9. The van der Waals surface area contributed by atoms with Crippen LogP contribution in [0.25, 0.3) is 11.0 Å². The van der Waals surface area contributed by atoms with E-state index >= 15 is 0 Å². The van der Waals surface area contributed by atoms with Gasteiger partial charge in [-0.25, -0.2) is 9.67 Å². The smallest absolute Gasteiger partial charge is 0.160 e. The predicted molar refractivity (Wildman–Crippen MR) is 90.2 cm³/mol. The normalized spacial score (nSPS) is 15.5. The number of fused-ring (bicyclic) bond motifs is 1. The number of aromatic nitrogens is 3. The molecule has 0 unspecified atom stereocenters. The van der Waals surface area contributed by atoms with E-state index in [0.717, 1.165) is 29.1 Å². The van der Waals surface area contributed by atoms with Gasteiger partial charge in [-0.3, -0.25) is 0 Å². The highest BCUT2D eigenvalue weighted by molar-refractivity contribution is 6.76. The lowest BCUT2D eigenvalue weighted by molar-refractivity contribution is 0.0810. The van der Waals surface area contributed by atoms with Crippen LogP contribution >= 0.6 is 0 Å². The first-order valence-corrected chi connectivity index (χ1v) is 11.7. The molecule has 0 spiro atoms. The molecule has 1 aliphatic rings. The van der Waals surface area contributed by atoms with Gasteiger partial charge in [-0.1, -0.05) is 19.6 Å². The summed E-state index contributed by atoms with van der Waals surface area (Å²) in [5.41, 5.74) is 2.05. The number of rotatable bonds is 7. The van der Waals surface area contributed by atoms with Crippen molar-refractivity contribution in [2.24, 2.45) is 0 Å². The van der Waals surface area contributed by atoms with Crippen LogP contribution in [0, 0.1) is 0 Å². The van der Waals surface area contributed by atoms with E-state index in [1.54, 1.807) is 13.3 Å². The van der Waals surface area contributed by atoms with Crippen LogP contribution in [0.3, 0.4) is 0 Å². The number of pyridine rings is 1. The molecule has 0 aromatic carbocycles. The first-order valence-electron chi connectivity index (χ1n) is 7.96. The van der Waals surface area contributed by atoms with Gasteiger partial charge in [-0.2, -0.15) is 5.10 Å². The minimum absolute atomic E-state index is 0.479. The Morgan fingerprint density at radius 2 is 2.09 bits per heavy atom. The Kier molecular flexibility index (Phi) is 4.23. The number of hydrogen-bond donors (Lipinski definition) is 0. The summed E-state index contributed by atoms with van der Waals surface area (Å²) in [6, 6.07) is 3.21. The van der Waals surface area contributed by atoms with E-state index in [0.29, 0.717) is 12.6 Å². The second-order valence-electron chi connectivity index (χ2n) is 7.25. The summed E-state index contributed by atoms with van der Waals surface area (Å²) < 4.78 is 13.0. The average molecular weight is 319 g/mol. The van der Waals surface area contributed by atoms with Crippen molar-refractivity contribution in [2.45, 2.75) is 51.2 Å². The highest BCUT2D eigenvalue weighted by Crippen LogP contribution is 2.42. The van der Waals surface area contributed by atoms with E-state index in [1.165, 1.54) is 18.9 Å².